The topological polar surface area (TPSA) is 218 Å². The number of rotatable bonds is 3. The number of carbonyl (C=O) groups is 6. The van der Waals surface area contributed by atoms with Crippen molar-refractivity contribution in [1.82, 2.24) is 0 Å². The maximum Gasteiger partial charge on any atom is 0.452 e. The molecular formula is C24H32O15. The summed E-state index contributed by atoms with van der Waals surface area (Å²) in [6, 6.07) is 0. The number of carbonyl (C=O) groups excluding carboxylic acids is 6. The second-order valence-corrected chi connectivity index (χ2v) is 9.38. The van der Waals surface area contributed by atoms with Crippen LogP contribution < -0.4 is 0 Å². The van der Waals surface area contributed by atoms with Crippen LogP contribution in [0.15, 0.2) is 0 Å². The summed E-state index contributed by atoms with van der Waals surface area (Å²) < 4.78 is 31.1. The van der Waals surface area contributed by atoms with E-state index in [1.807, 2.05) is 0 Å². The standard InChI is InChI=1S/C24H32O15/c25-14-13-15-22(35-17(27)8-2-1-7-16(26)34-15)23(32,37-19(29)10-4-3-9-18(28)36-22)24(33)38-20(30)11-5-6-12-21(31)39-24/h15,25,32-33H,1-14H2. The predicted molar refractivity (Wildman–Crippen MR) is 120 cm³/mol. The Morgan fingerprint density at radius 2 is 0.923 bits per heavy atom. The van der Waals surface area contributed by atoms with E-state index in [0.29, 0.717) is 0 Å². The molecule has 3 N–H and O–H groups in total. The van der Waals surface area contributed by atoms with Crippen LogP contribution in [0.1, 0.15) is 83.5 Å². The third-order valence-electron chi connectivity index (χ3n) is 6.32. The first-order chi connectivity index (χ1) is 18.4. The molecule has 0 aliphatic carbocycles. The number of cyclic esters (lactones) is 4. The fraction of sp³-hybridized carbons (Fsp3) is 0.750. The summed E-state index contributed by atoms with van der Waals surface area (Å²) in [4.78, 5) is 76.6. The molecule has 3 saturated heterocycles. The van der Waals surface area contributed by atoms with Crippen molar-refractivity contribution in [2.75, 3.05) is 6.61 Å². The van der Waals surface area contributed by atoms with E-state index in [9.17, 15) is 44.1 Å². The fourth-order valence-corrected chi connectivity index (χ4v) is 4.37. The highest BCUT2D eigenvalue weighted by atomic mass is 16.9. The van der Waals surface area contributed by atoms with Crippen LogP contribution in [0.4, 0.5) is 0 Å². The van der Waals surface area contributed by atoms with Gasteiger partial charge in [0.25, 0.3) is 0 Å². The van der Waals surface area contributed by atoms with Crippen molar-refractivity contribution in [1.29, 1.82) is 0 Å². The van der Waals surface area contributed by atoms with Crippen molar-refractivity contribution in [3.05, 3.63) is 0 Å². The summed E-state index contributed by atoms with van der Waals surface area (Å²) >= 11 is 0. The molecule has 0 aromatic heterocycles. The lowest BCUT2D eigenvalue weighted by Gasteiger charge is -2.50. The second kappa shape index (κ2) is 12.7. The first kappa shape index (κ1) is 30.2. The van der Waals surface area contributed by atoms with Crippen molar-refractivity contribution in [2.45, 2.75) is 107 Å². The highest BCUT2D eigenvalue weighted by Gasteiger charge is 2.80. The van der Waals surface area contributed by atoms with Gasteiger partial charge in [-0.1, -0.05) is 0 Å². The zero-order valence-corrected chi connectivity index (χ0v) is 21.2. The Balaban J connectivity index is 2.34. The van der Waals surface area contributed by atoms with Crippen LogP contribution in [0.3, 0.4) is 0 Å². The third kappa shape index (κ3) is 6.83. The summed E-state index contributed by atoms with van der Waals surface area (Å²) in [5, 5.41) is 33.4. The molecule has 3 aliphatic rings. The van der Waals surface area contributed by atoms with Crippen LogP contribution >= 0.6 is 0 Å². The van der Waals surface area contributed by atoms with E-state index in [2.05, 4.69) is 0 Å². The molecule has 0 aromatic rings. The van der Waals surface area contributed by atoms with Gasteiger partial charge in [-0.3, -0.25) is 28.8 Å². The zero-order chi connectivity index (χ0) is 28.7. The smallest absolute Gasteiger partial charge is 0.452 e. The summed E-state index contributed by atoms with van der Waals surface area (Å²) in [5.74, 6) is -18.6. The van der Waals surface area contributed by atoms with E-state index in [-0.39, 0.29) is 57.8 Å². The van der Waals surface area contributed by atoms with Gasteiger partial charge in [0.2, 0.25) is 0 Å². The minimum Gasteiger partial charge on any atom is -0.454 e. The van der Waals surface area contributed by atoms with Gasteiger partial charge in [-0.05, 0) is 38.5 Å². The van der Waals surface area contributed by atoms with Gasteiger partial charge in [0.1, 0.15) is 0 Å². The number of ether oxygens (including phenoxy) is 6. The van der Waals surface area contributed by atoms with Crippen LogP contribution in [0.2, 0.25) is 0 Å². The van der Waals surface area contributed by atoms with Crippen molar-refractivity contribution in [3.63, 3.8) is 0 Å². The lowest BCUT2D eigenvalue weighted by Crippen LogP contribution is -2.78. The van der Waals surface area contributed by atoms with Gasteiger partial charge in [0.15, 0.2) is 6.10 Å². The fourth-order valence-electron chi connectivity index (χ4n) is 4.37. The Kier molecular flexibility index (Phi) is 9.85. The van der Waals surface area contributed by atoms with Crippen LogP contribution in [0, 0.1) is 0 Å². The summed E-state index contributed by atoms with van der Waals surface area (Å²) in [5.41, 5.74) is 0. The van der Waals surface area contributed by atoms with E-state index in [4.69, 9.17) is 28.4 Å². The number of hydrogen-bond acceptors (Lipinski definition) is 15. The van der Waals surface area contributed by atoms with Crippen molar-refractivity contribution in [2.24, 2.45) is 0 Å². The van der Waals surface area contributed by atoms with Crippen molar-refractivity contribution >= 4 is 35.8 Å². The Bertz CT molecular complexity index is 937. The zero-order valence-electron chi connectivity index (χ0n) is 21.2. The molecule has 39 heavy (non-hydrogen) atoms. The molecule has 3 atom stereocenters. The normalized spacial score (nSPS) is 31.6. The molecule has 1 spiro atoms. The number of aliphatic hydroxyl groups excluding tert-OH is 1. The van der Waals surface area contributed by atoms with E-state index in [1.54, 1.807) is 0 Å². The van der Waals surface area contributed by atoms with Crippen molar-refractivity contribution in [3.8, 4) is 0 Å². The molecule has 0 amide bonds. The lowest BCUT2D eigenvalue weighted by molar-refractivity contribution is -0.509. The van der Waals surface area contributed by atoms with Gasteiger partial charge < -0.3 is 43.7 Å². The maximum absolute atomic E-state index is 13.0. The first-order valence-electron chi connectivity index (χ1n) is 12.8. The number of esters is 6. The van der Waals surface area contributed by atoms with E-state index in [0.717, 1.165) is 0 Å². The maximum atomic E-state index is 13.0. The molecule has 3 fully saturated rings. The van der Waals surface area contributed by atoms with Crippen molar-refractivity contribution < 1.29 is 72.5 Å². The Morgan fingerprint density at radius 3 is 1.33 bits per heavy atom. The van der Waals surface area contributed by atoms with Gasteiger partial charge in [-0.15, -0.1) is 0 Å². The molecular weight excluding hydrogens is 528 g/mol. The predicted octanol–water partition coefficient (Wildman–Crippen LogP) is -0.250. The molecule has 0 saturated carbocycles. The Labute approximate surface area is 222 Å². The van der Waals surface area contributed by atoms with Gasteiger partial charge in [-0.25, -0.2) is 0 Å². The van der Waals surface area contributed by atoms with Crippen LogP contribution in [0.5, 0.6) is 0 Å². The van der Waals surface area contributed by atoms with Gasteiger partial charge in [0, 0.05) is 51.6 Å². The Morgan fingerprint density at radius 1 is 0.564 bits per heavy atom. The molecule has 15 heteroatoms. The van der Waals surface area contributed by atoms with E-state index in [1.165, 1.54) is 0 Å². The average Bonchev–Trinajstić information content (AvgIpc) is 2.91. The van der Waals surface area contributed by atoms with Crippen LogP contribution in [-0.2, 0) is 57.2 Å². The molecule has 0 aromatic carbocycles. The third-order valence-corrected chi connectivity index (χ3v) is 6.32. The minimum atomic E-state index is -4.05. The minimum absolute atomic E-state index is 0.0455. The molecule has 0 bridgehead atoms. The number of aliphatic hydroxyl groups is 3. The summed E-state index contributed by atoms with van der Waals surface area (Å²) in [6.45, 7) is -0.836. The number of hydrogen-bond donors (Lipinski definition) is 3. The Hall–Kier alpha value is -3.30. The molecule has 218 valence electrons. The monoisotopic (exact) mass is 560 g/mol. The van der Waals surface area contributed by atoms with Crippen LogP contribution in [-0.4, -0.2) is 81.4 Å². The highest BCUT2D eigenvalue weighted by Crippen LogP contribution is 2.46. The molecule has 3 aliphatic heterocycles. The van der Waals surface area contributed by atoms with Crippen LogP contribution in [0.25, 0.3) is 0 Å². The first-order valence-corrected chi connectivity index (χ1v) is 12.8. The lowest BCUT2D eigenvalue weighted by atomic mass is 9.92. The second-order valence-electron chi connectivity index (χ2n) is 9.38. The quantitative estimate of drug-likeness (QED) is 0.299. The molecule has 0 radical (unpaired) electrons. The molecule has 3 rings (SSSR count). The van der Waals surface area contributed by atoms with Gasteiger partial charge in [-0.2, -0.15) is 0 Å². The molecule has 3 heterocycles. The average molecular weight is 561 g/mol. The largest absolute Gasteiger partial charge is 0.454 e. The van der Waals surface area contributed by atoms with E-state index < -0.39 is 91.8 Å². The summed E-state index contributed by atoms with van der Waals surface area (Å²) in [6.07, 6.45) is -4.54. The SMILES string of the molecule is O=C1CCCCC(=O)OC2(OC(=O)CCCCC(=O)OC2(O)C2(O)OC(=O)CCCCC(=O)O2)C(CCO)O1. The molecule has 3 unspecified atom stereocenters. The highest BCUT2D eigenvalue weighted by molar-refractivity contribution is 5.76. The molecule has 15 nitrogen and oxygen atoms in total. The van der Waals surface area contributed by atoms with Gasteiger partial charge >= 0.3 is 53.4 Å². The summed E-state index contributed by atoms with van der Waals surface area (Å²) in [7, 11) is 0. The van der Waals surface area contributed by atoms with Gasteiger partial charge in [0.05, 0.1) is 0 Å². The van der Waals surface area contributed by atoms with E-state index >= 15 is 0 Å².